The molecule has 0 bridgehead atoms. The summed E-state index contributed by atoms with van der Waals surface area (Å²) in [5, 5.41) is 10.8. The molecule has 0 radical (unpaired) electrons. The van der Waals surface area contributed by atoms with Gasteiger partial charge in [0.25, 0.3) is 0 Å². The van der Waals surface area contributed by atoms with E-state index in [-0.39, 0.29) is 5.90 Å². The zero-order valence-electron chi connectivity index (χ0n) is 9.54. The Morgan fingerprint density at radius 2 is 2.19 bits per heavy atom. The lowest BCUT2D eigenvalue weighted by atomic mass is 10.1. The largest absolute Gasteiger partial charge is 0.481 e. The van der Waals surface area contributed by atoms with E-state index in [1.54, 1.807) is 19.2 Å². The molecule has 0 aliphatic heterocycles. The number of nitrogens with two attached hydrogens (primary N) is 1. The van der Waals surface area contributed by atoms with E-state index in [2.05, 4.69) is 5.32 Å². The van der Waals surface area contributed by atoms with Gasteiger partial charge in [0.15, 0.2) is 0 Å². The van der Waals surface area contributed by atoms with Gasteiger partial charge in [-0.2, -0.15) is 0 Å². The van der Waals surface area contributed by atoms with Crippen LogP contribution in [-0.2, 0) is 9.47 Å². The van der Waals surface area contributed by atoms with Crippen LogP contribution in [0.25, 0.3) is 0 Å². The van der Waals surface area contributed by atoms with Crippen LogP contribution in [0.1, 0.15) is 5.56 Å². The summed E-state index contributed by atoms with van der Waals surface area (Å²) >= 11 is 0. The minimum atomic E-state index is 0.0900. The first kappa shape index (κ1) is 12.3. The SMILES string of the molecule is COCCNc1ccc(N)cc1C(=N)OC. The summed E-state index contributed by atoms with van der Waals surface area (Å²) in [6.07, 6.45) is 0. The molecule has 0 aliphatic carbocycles. The van der Waals surface area contributed by atoms with Crippen LogP contribution in [0, 0.1) is 5.41 Å². The number of nitrogens with one attached hydrogen (secondary N) is 2. The van der Waals surface area contributed by atoms with Gasteiger partial charge in [-0.3, -0.25) is 5.41 Å². The first-order chi connectivity index (χ1) is 7.69. The van der Waals surface area contributed by atoms with Crippen molar-refractivity contribution in [3.63, 3.8) is 0 Å². The molecule has 88 valence electrons. The van der Waals surface area contributed by atoms with Crippen molar-refractivity contribution in [3.05, 3.63) is 23.8 Å². The van der Waals surface area contributed by atoms with E-state index >= 15 is 0 Å². The molecule has 16 heavy (non-hydrogen) atoms. The molecular weight excluding hydrogens is 206 g/mol. The molecule has 1 aromatic carbocycles. The third-order valence-corrected chi connectivity index (χ3v) is 2.11. The van der Waals surface area contributed by atoms with Crippen LogP contribution in [0.2, 0.25) is 0 Å². The quantitative estimate of drug-likeness (QED) is 0.304. The molecule has 0 fully saturated rings. The fourth-order valence-electron chi connectivity index (χ4n) is 1.30. The highest BCUT2D eigenvalue weighted by Crippen LogP contribution is 2.19. The average molecular weight is 223 g/mol. The van der Waals surface area contributed by atoms with Gasteiger partial charge in [0.05, 0.1) is 19.3 Å². The van der Waals surface area contributed by atoms with Crippen LogP contribution >= 0.6 is 0 Å². The Bertz CT molecular complexity index is 366. The average Bonchev–Trinajstić information content (AvgIpc) is 2.30. The van der Waals surface area contributed by atoms with Crippen molar-refractivity contribution in [1.82, 2.24) is 0 Å². The van der Waals surface area contributed by atoms with Crippen molar-refractivity contribution in [1.29, 1.82) is 5.41 Å². The predicted molar refractivity (Wildman–Crippen MR) is 65.1 cm³/mol. The van der Waals surface area contributed by atoms with E-state index in [1.807, 2.05) is 6.07 Å². The number of hydrogen-bond donors (Lipinski definition) is 3. The van der Waals surface area contributed by atoms with Crippen molar-refractivity contribution in [3.8, 4) is 0 Å². The fraction of sp³-hybridized carbons (Fsp3) is 0.364. The minimum absolute atomic E-state index is 0.0900. The second kappa shape index (κ2) is 5.97. The summed E-state index contributed by atoms with van der Waals surface area (Å²) in [4.78, 5) is 0. The summed E-state index contributed by atoms with van der Waals surface area (Å²) in [6.45, 7) is 1.27. The van der Waals surface area contributed by atoms with E-state index in [9.17, 15) is 0 Å². The topological polar surface area (TPSA) is 80.4 Å². The van der Waals surface area contributed by atoms with Gasteiger partial charge in [-0.1, -0.05) is 0 Å². The Morgan fingerprint density at radius 1 is 1.44 bits per heavy atom. The van der Waals surface area contributed by atoms with Crippen molar-refractivity contribution >= 4 is 17.3 Å². The highest BCUT2D eigenvalue weighted by atomic mass is 16.5. The summed E-state index contributed by atoms with van der Waals surface area (Å²) in [5.74, 6) is 0.0900. The zero-order valence-corrected chi connectivity index (χ0v) is 9.54. The lowest BCUT2D eigenvalue weighted by Gasteiger charge is -2.12. The number of ether oxygens (including phenoxy) is 2. The molecule has 0 spiro atoms. The van der Waals surface area contributed by atoms with E-state index < -0.39 is 0 Å². The molecule has 4 N–H and O–H groups in total. The second-order valence-electron chi connectivity index (χ2n) is 3.26. The molecule has 0 aliphatic rings. The summed E-state index contributed by atoms with van der Waals surface area (Å²) in [6, 6.07) is 5.32. The van der Waals surface area contributed by atoms with Gasteiger partial charge < -0.3 is 20.5 Å². The maximum Gasteiger partial charge on any atom is 0.215 e. The van der Waals surface area contributed by atoms with Gasteiger partial charge >= 0.3 is 0 Å². The van der Waals surface area contributed by atoms with Crippen molar-refractivity contribution in [2.24, 2.45) is 0 Å². The molecule has 5 heteroatoms. The van der Waals surface area contributed by atoms with Gasteiger partial charge in [0.2, 0.25) is 5.90 Å². The van der Waals surface area contributed by atoms with Crippen molar-refractivity contribution in [2.45, 2.75) is 0 Å². The van der Waals surface area contributed by atoms with E-state index in [0.29, 0.717) is 24.4 Å². The third kappa shape index (κ3) is 3.13. The van der Waals surface area contributed by atoms with E-state index in [1.165, 1.54) is 7.11 Å². The lowest BCUT2D eigenvalue weighted by molar-refractivity contribution is 0.211. The first-order valence-electron chi connectivity index (χ1n) is 4.94. The maximum atomic E-state index is 7.65. The van der Waals surface area contributed by atoms with Crippen LogP contribution in [0.15, 0.2) is 18.2 Å². The van der Waals surface area contributed by atoms with Gasteiger partial charge in [-0.05, 0) is 18.2 Å². The number of nitrogen functional groups attached to an aromatic ring is 1. The molecule has 0 atom stereocenters. The van der Waals surface area contributed by atoms with Gasteiger partial charge in [0.1, 0.15) is 0 Å². The minimum Gasteiger partial charge on any atom is -0.481 e. The number of benzene rings is 1. The molecule has 0 heterocycles. The number of rotatable bonds is 5. The standard InChI is InChI=1S/C11H17N3O2/c1-15-6-5-14-10-4-3-8(12)7-9(10)11(13)16-2/h3-4,7,13-14H,5-6,12H2,1-2H3. The van der Waals surface area contributed by atoms with Crippen LogP contribution < -0.4 is 11.1 Å². The van der Waals surface area contributed by atoms with Crippen LogP contribution in [0.3, 0.4) is 0 Å². The molecule has 0 aromatic heterocycles. The van der Waals surface area contributed by atoms with Gasteiger partial charge in [-0.25, -0.2) is 0 Å². The third-order valence-electron chi connectivity index (χ3n) is 2.11. The molecule has 0 saturated heterocycles. The molecular formula is C11H17N3O2. The number of hydrogen-bond acceptors (Lipinski definition) is 5. The normalized spacial score (nSPS) is 9.88. The fourth-order valence-corrected chi connectivity index (χ4v) is 1.30. The lowest BCUT2D eigenvalue weighted by Crippen LogP contribution is -2.12. The Balaban J connectivity index is 2.85. The molecule has 1 aromatic rings. The Hall–Kier alpha value is -1.75. The summed E-state index contributed by atoms with van der Waals surface area (Å²) in [5.41, 5.74) is 7.74. The van der Waals surface area contributed by atoms with Crippen LogP contribution in [0.5, 0.6) is 0 Å². The monoisotopic (exact) mass is 223 g/mol. The second-order valence-corrected chi connectivity index (χ2v) is 3.26. The highest BCUT2D eigenvalue weighted by molar-refractivity contribution is 5.98. The molecule has 0 unspecified atom stereocenters. The Labute approximate surface area is 95.1 Å². The summed E-state index contributed by atoms with van der Waals surface area (Å²) in [7, 11) is 3.10. The number of anilines is 2. The maximum absolute atomic E-state index is 7.65. The van der Waals surface area contributed by atoms with Gasteiger partial charge in [0, 0.05) is 25.0 Å². The molecule has 0 saturated carbocycles. The predicted octanol–water partition coefficient (Wildman–Crippen LogP) is 1.30. The molecule has 0 amide bonds. The Kier molecular flexibility index (Phi) is 4.60. The van der Waals surface area contributed by atoms with Crippen LogP contribution in [-0.4, -0.2) is 33.3 Å². The zero-order chi connectivity index (χ0) is 12.0. The smallest absolute Gasteiger partial charge is 0.215 e. The van der Waals surface area contributed by atoms with Gasteiger partial charge in [-0.15, -0.1) is 0 Å². The molecule has 5 nitrogen and oxygen atoms in total. The van der Waals surface area contributed by atoms with E-state index in [4.69, 9.17) is 20.6 Å². The van der Waals surface area contributed by atoms with Crippen LogP contribution in [0.4, 0.5) is 11.4 Å². The highest BCUT2D eigenvalue weighted by Gasteiger charge is 2.08. The van der Waals surface area contributed by atoms with Crippen molar-refractivity contribution < 1.29 is 9.47 Å². The number of methoxy groups -OCH3 is 2. The Morgan fingerprint density at radius 3 is 2.81 bits per heavy atom. The first-order valence-corrected chi connectivity index (χ1v) is 4.94. The van der Waals surface area contributed by atoms with Crippen molar-refractivity contribution in [2.75, 3.05) is 38.4 Å². The van der Waals surface area contributed by atoms with E-state index in [0.717, 1.165) is 5.69 Å². The molecule has 1 rings (SSSR count). The summed E-state index contributed by atoms with van der Waals surface area (Å²) < 4.78 is 9.84.